The Morgan fingerprint density at radius 2 is 2.11 bits per heavy atom. The molecular formula is C10H15N3O4S. The Labute approximate surface area is 105 Å². The minimum Gasteiger partial charge on any atom is -0.448 e. The fourth-order valence-electron chi connectivity index (χ4n) is 1.32. The van der Waals surface area contributed by atoms with Crippen molar-refractivity contribution in [2.45, 2.75) is 11.8 Å². The molecule has 0 aliphatic rings. The van der Waals surface area contributed by atoms with Gasteiger partial charge in [-0.15, -0.1) is 0 Å². The Hall–Kier alpha value is -1.80. The molecule has 0 saturated carbocycles. The largest absolute Gasteiger partial charge is 0.448 e. The maximum atomic E-state index is 11.8. The standard InChI is InChI=1S/C10H15N3O4S/c1-7-2-3-9(8(11)6-7)18(15,16)13-4-5-17-10(12)14/h2-3,6,13H,4-5,11H2,1H3,(H2,12,14). The van der Waals surface area contributed by atoms with Crippen molar-refractivity contribution in [2.24, 2.45) is 5.73 Å². The van der Waals surface area contributed by atoms with Gasteiger partial charge in [0.2, 0.25) is 10.0 Å². The van der Waals surface area contributed by atoms with E-state index in [0.717, 1.165) is 5.56 Å². The summed E-state index contributed by atoms with van der Waals surface area (Å²) in [7, 11) is -3.71. The van der Waals surface area contributed by atoms with Crippen molar-refractivity contribution < 1.29 is 17.9 Å². The van der Waals surface area contributed by atoms with Crippen molar-refractivity contribution in [3.05, 3.63) is 23.8 Å². The van der Waals surface area contributed by atoms with E-state index in [4.69, 9.17) is 11.5 Å². The molecule has 0 aromatic heterocycles. The molecule has 1 rings (SSSR count). The second-order valence-corrected chi connectivity index (χ2v) is 5.34. The molecule has 0 heterocycles. The first-order valence-corrected chi connectivity index (χ1v) is 6.59. The SMILES string of the molecule is Cc1ccc(S(=O)(=O)NCCOC(N)=O)c(N)c1. The number of amides is 1. The summed E-state index contributed by atoms with van der Waals surface area (Å²) in [4.78, 5) is 10.3. The molecule has 0 atom stereocenters. The van der Waals surface area contributed by atoms with Crippen LogP contribution in [0.3, 0.4) is 0 Å². The Balaban J connectivity index is 2.71. The quantitative estimate of drug-likeness (QED) is 0.512. The van der Waals surface area contributed by atoms with Crippen molar-refractivity contribution in [1.82, 2.24) is 4.72 Å². The van der Waals surface area contributed by atoms with Gasteiger partial charge in [0.05, 0.1) is 5.69 Å². The van der Waals surface area contributed by atoms with Crippen molar-refractivity contribution >= 4 is 21.8 Å². The van der Waals surface area contributed by atoms with E-state index in [1.807, 2.05) is 0 Å². The van der Waals surface area contributed by atoms with Gasteiger partial charge in [0.25, 0.3) is 0 Å². The molecule has 0 aliphatic carbocycles. The van der Waals surface area contributed by atoms with Gasteiger partial charge in [-0.1, -0.05) is 6.07 Å². The molecule has 18 heavy (non-hydrogen) atoms. The number of hydrogen-bond acceptors (Lipinski definition) is 5. The van der Waals surface area contributed by atoms with E-state index in [1.54, 1.807) is 19.1 Å². The number of aryl methyl sites for hydroxylation is 1. The van der Waals surface area contributed by atoms with Gasteiger partial charge in [-0.3, -0.25) is 0 Å². The number of primary amides is 1. The predicted molar refractivity (Wildman–Crippen MR) is 66.3 cm³/mol. The van der Waals surface area contributed by atoms with E-state index in [2.05, 4.69) is 9.46 Å². The molecule has 8 heteroatoms. The first kappa shape index (κ1) is 14.3. The van der Waals surface area contributed by atoms with Crippen LogP contribution in [0.5, 0.6) is 0 Å². The molecular weight excluding hydrogens is 258 g/mol. The van der Waals surface area contributed by atoms with Crippen LogP contribution in [0.25, 0.3) is 0 Å². The smallest absolute Gasteiger partial charge is 0.404 e. The molecule has 7 nitrogen and oxygen atoms in total. The van der Waals surface area contributed by atoms with Crippen molar-refractivity contribution in [3.8, 4) is 0 Å². The molecule has 1 aromatic carbocycles. The molecule has 0 radical (unpaired) electrons. The summed E-state index contributed by atoms with van der Waals surface area (Å²) in [5.74, 6) is 0. The number of nitrogens with two attached hydrogens (primary N) is 2. The molecule has 0 unspecified atom stereocenters. The lowest BCUT2D eigenvalue weighted by Gasteiger charge is -2.09. The maximum absolute atomic E-state index is 11.8. The Bertz CT molecular complexity index is 542. The molecule has 0 saturated heterocycles. The average Bonchev–Trinajstić information content (AvgIpc) is 2.23. The van der Waals surface area contributed by atoms with E-state index in [1.165, 1.54) is 6.07 Å². The topological polar surface area (TPSA) is 125 Å². The molecule has 0 bridgehead atoms. The maximum Gasteiger partial charge on any atom is 0.404 e. The predicted octanol–water partition coefficient (Wildman–Crippen LogP) is -0.0492. The normalized spacial score (nSPS) is 11.2. The summed E-state index contributed by atoms with van der Waals surface area (Å²) in [6.07, 6.45) is -0.955. The molecule has 5 N–H and O–H groups in total. The zero-order valence-corrected chi connectivity index (χ0v) is 10.7. The second kappa shape index (κ2) is 5.69. The van der Waals surface area contributed by atoms with Gasteiger partial charge in [0.15, 0.2) is 0 Å². The number of hydrogen-bond donors (Lipinski definition) is 3. The zero-order valence-electron chi connectivity index (χ0n) is 9.84. The van der Waals surface area contributed by atoms with Crippen molar-refractivity contribution in [3.63, 3.8) is 0 Å². The van der Waals surface area contributed by atoms with Crippen LogP contribution >= 0.6 is 0 Å². The lowest BCUT2D eigenvalue weighted by Crippen LogP contribution is -2.29. The zero-order chi connectivity index (χ0) is 13.8. The summed E-state index contributed by atoms with van der Waals surface area (Å²) < 4.78 is 30.3. The Morgan fingerprint density at radius 1 is 1.44 bits per heavy atom. The minimum absolute atomic E-state index is 0.00725. The number of anilines is 1. The number of sulfonamides is 1. The summed E-state index contributed by atoms with van der Waals surface area (Å²) in [6, 6.07) is 4.63. The van der Waals surface area contributed by atoms with E-state index in [9.17, 15) is 13.2 Å². The summed E-state index contributed by atoms with van der Waals surface area (Å²) >= 11 is 0. The molecule has 1 aromatic rings. The first-order valence-electron chi connectivity index (χ1n) is 5.11. The van der Waals surface area contributed by atoms with Crippen LogP contribution in [0.15, 0.2) is 23.1 Å². The van der Waals surface area contributed by atoms with E-state index >= 15 is 0 Å². The molecule has 1 amide bonds. The number of rotatable bonds is 5. The number of carbonyl (C=O) groups excluding carboxylic acids is 1. The van der Waals surface area contributed by atoms with Gasteiger partial charge in [0, 0.05) is 6.54 Å². The van der Waals surface area contributed by atoms with E-state index in [-0.39, 0.29) is 23.7 Å². The van der Waals surface area contributed by atoms with Crippen LogP contribution in [0.2, 0.25) is 0 Å². The highest BCUT2D eigenvalue weighted by Crippen LogP contribution is 2.18. The van der Waals surface area contributed by atoms with E-state index in [0.29, 0.717) is 0 Å². The highest BCUT2D eigenvalue weighted by atomic mass is 32.2. The van der Waals surface area contributed by atoms with Crippen LogP contribution in [0.4, 0.5) is 10.5 Å². The van der Waals surface area contributed by atoms with Gasteiger partial charge in [0.1, 0.15) is 11.5 Å². The van der Waals surface area contributed by atoms with Gasteiger partial charge in [-0.05, 0) is 24.6 Å². The van der Waals surface area contributed by atoms with Crippen LogP contribution in [0, 0.1) is 6.92 Å². The fourth-order valence-corrected chi connectivity index (χ4v) is 2.44. The van der Waals surface area contributed by atoms with E-state index < -0.39 is 16.1 Å². The number of nitrogen functional groups attached to an aromatic ring is 1. The summed E-state index contributed by atoms with van der Waals surface area (Å²) in [5, 5.41) is 0. The van der Waals surface area contributed by atoms with Crippen LogP contribution in [-0.2, 0) is 14.8 Å². The minimum atomic E-state index is -3.71. The van der Waals surface area contributed by atoms with Gasteiger partial charge in [-0.2, -0.15) is 0 Å². The highest BCUT2D eigenvalue weighted by molar-refractivity contribution is 7.89. The summed E-state index contributed by atoms with van der Waals surface area (Å²) in [5.41, 5.74) is 11.4. The number of nitrogens with one attached hydrogen (secondary N) is 1. The van der Waals surface area contributed by atoms with Gasteiger partial charge < -0.3 is 16.2 Å². The lowest BCUT2D eigenvalue weighted by atomic mass is 10.2. The number of carbonyl (C=O) groups is 1. The third-order valence-electron chi connectivity index (χ3n) is 2.09. The Morgan fingerprint density at radius 3 is 2.67 bits per heavy atom. The van der Waals surface area contributed by atoms with Crippen LogP contribution in [-0.4, -0.2) is 27.7 Å². The first-order chi connectivity index (χ1) is 8.33. The summed E-state index contributed by atoms with van der Waals surface area (Å²) in [6.45, 7) is 1.60. The van der Waals surface area contributed by atoms with Crippen molar-refractivity contribution in [2.75, 3.05) is 18.9 Å². The second-order valence-electron chi connectivity index (χ2n) is 3.61. The monoisotopic (exact) mass is 273 g/mol. The van der Waals surface area contributed by atoms with Gasteiger partial charge >= 0.3 is 6.09 Å². The lowest BCUT2D eigenvalue weighted by molar-refractivity contribution is 0.159. The third-order valence-corrected chi connectivity index (χ3v) is 3.63. The number of ether oxygens (including phenoxy) is 1. The van der Waals surface area contributed by atoms with Crippen LogP contribution < -0.4 is 16.2 Å². The third kappa shape index (κ3) is 3.90. The van der Waals surface area contributed by atoms with Crippen LogP contribution in [0.1, 0.15) is 5.56 Å². The molecule has 100 valence electrons. The fraction of sp³-hybridized carbons (Fsp3) is 0.300. The average molecular weight is 273 g/mol. The Kier molecular flexibility index (Phi) is 4.51. The molecule has 0 aliphatic heterocycles. The molecule has 0 fully saturated rings. The van der Waals surface area contributed by atoms with Gasteiger partial charge in [-0.25, -0.2) is 17.9 Å². The van der Waals surface area contributed by atoms with Crippen molar-refractivity contribution in [1.29, 1.82) is 0 Å². The number of benzene rings is 1. The highest BCUT2D eigenvalue weighted by Gasteiger charge is 2.16. The molecule has 0 spiro atoms.